The molecule has 0 radical (unpaired) electrons. The predicted octanol–water partition coefficient (Wildman–Crippen LogP) is 0.730. The van der Waals surface area contributed by atoms with E-state index in [1.54, 1.807) is 0 Å². The third-order valence-corrected chi connectivity index (χ3v) is 3.01. The van der Waals surface area contributed by atoms with Crippen molar-refractivity contribution in [2.45, 2.75) is 50.7 Å². The number of aliphatic hydroxyl groups excluding tert-OH is 1. The second kappa shape index (κ2) is 5.32. The van der Waals surface area contributed by atoms with Crippen molar-refractivity contribution in [2.24, 2.45) is 11.7 Å². The lowest BCUT2D eigenvalue weighted by atomic mass is 9.83. The maximum absolute atomic E-state index is 10.5. The highest BCUT2D eigenvalue weighted by molar-refractivity contribution is 5.73. The minimum atomic E-state index is -1.03. The Kier molecular flexibility index (Phi) is 4.35. The number of carboxylic acid groups (broad SMARTS) is 1. The second-order valence-electron chi connectivity index (χ2n) is 4.15. The van der Waals surface area contributed by atoms with Gasteiger partial charge in [-0.15, -0.1) is 0 Å². The number of hydrogen-bond donors (Lipinski definition) is 3. The van der Waals surface area contributed by atoms with Gasteiger partial charge < -0.3 is 15.9 Å². The molecule has 1 rings (SSSR count). The van der Waals surface area contributed by atoms with Crippen LogP contribution in [0.5, 0.6) is 0 Å². The quantitative estimate of drug-likeness (QED) is 0.626. The Balaban J connectivity index is 2.32. The Morgan fingerprint density at radius 2 is 1.93 bits per heavy atom. The molecule has 0 saturated heterocycles. The van der Waals surface area contributed by atoms with Gasteiger partial charge in [0.2, 0.25) is 0 Å². The van der Waals surface area contributed by atoms with E-state index in [1.165, 1.54) is 6.42 Å². The lowest BCUT2D eigenvalue weighted by Crippen LogP contribution is -2.37. The molecule has 0 bridgehead atoms. The van der Waals surface area contributed by atoms with Crippen molar-refractivity contribution in [1.82, 2.24) is 0 Å². The number of hydrogen-bond acceptors (Lipinski definition) is 3. The van der Waals surface area contributed by atoms with Crippen LogP contribution in [-0.2, 0) is 4.79 Å². The molecular weight excluding hydrogens is 182 g/mol. The summed E-state index contributed by atoms with van der Waals surface area (Å²) in [7, 11) is 0. The molecule has 1 fully saturated rings. The smallest absolute Gasteiger partial charge is 0.320 e. The molecule has 2 atom stereocenters. The maximum atomic E-state index is 10.5. The number of nitrogens with two attached hydrogens (primary N) is 1. The fourth-order valence-corrected chi connectivity index (χ4v) is 2.07. The Bertz CT molecular complexity index is 190. The first-order valence-corrected chi connectivity index (χ1v) is 5.27. The summed E-state index contributed by atoms with van der Waals surface area (Å²) in [5.74, 6) is -0.769. The van der Waals surface area contributed by atoms with Crippen LogP contribution in [0.25, 0.3) is 0 Å². The van der Waals surface area contributed by atoms with E-state index in [1.807, 2.05) is 0 Å². The van der Waals surface area contributed by atoms with Gasteiger partial charge in [0.1, 0.15) is 6.04 Å². The van der Waals surface area contributed by atoms with Crippen molar-refractivity contribution < 1.29 is 15.0 Å². The van der Waals surface area contributed by atoms with Crippen LogP contribution in [-0.4, -0.2) is 28.3 Å². The monoisotopic (exact) mass is 201 g/mol. The highest BCUT2D eigenvalue weighted by Crippen LogP contribution is 2.27. The van der Waals surface area contributed by atoms with Gasteiger partial charge in [-0.3, -0.25) is 4.79 Å². The summed E-state index contributed by atoms with van der Waals surface area (Å²) in [6.07, 6.45) is 5.17. The first kappa shape index (κ1) is 11.5. The van der Waals surface area contributed by atoms with Crippen LogP contribution >= 0.6 is 0 Å². The van der Waals surface area contributed by atoms with Crippen LogP contribution in [0, 0.1) is 5.92 Å². The van der Waals surface area contributed by atoms with E-state index >= 15 is 0 Å². The minimum Gasteiger partial charge on any atom is -0.480 e. The highest BCUT2D eigenvalue weighted by atomic mass is 16.4. The van der Waals surface area contributed by atoms with E-state index in [-0.39, 0.29) is 12.3 Å². The van der Waals surface area contributed by atoms with Gasteiger partial charge in [0, 0.05) is 0 Å². The molecule has 0 heterocycles. The van der Waals surface area contributed by atoms with Crippen molar-refractivity contribution >= 4 is 5.97 Å². The molecule has 1 saturated carbocycles. The fraction of sp³-hybridized carbons (Fsp3) is 0.900. The van der Waals surface area contributed by atoms with Gasteiger partial charge in [-0.1, -0.05) is 19.3 Å². The van der Waals surface area contributed by atoms with Crippen molar-refractivity contribution in [3.8, 4) is 0 Å². The third-order valence-electron chi connectivity index (χ3n) is 3.01. The lowest BCUT2D eigenvalue weighted by molar-refractivity contribution is -0.139. The van der Waals surface area contributed by atoms with Gasteiger partial charge >= 0.3 is 5.97 Å². The van der Waals surface area contributed by atoms with Gasteiger partial charge in [0.05, 0.1) is 6.10 Å². The number of carbonyl (C=O) groups is 1. The molecule has 4 nitrogen and oxygen atoms in total. The second-order valence-corrected chi connectivity index (χ2v) is 4.15. The van der Waals surface area contributed by atoms with Crippen LogP contribution in [0.4, 0.5) is 0 Å². The highest BCUT2D eigenvalue weighted by Gasteiger charge is 2.25. The van der Waals surface area contributed by atoms with Crippen LogP contribution in [0.1, 0.15) is 38.5 Å². The fourth-order valence-electron chi connectivity index (χ4n) is 2.07. The number of aliphatic carboxylic acids is 1. The molecule has 1 aliphatic carbocycles. The van der Waals surface area contributed by atoms with Gasteiger partial charge in [-0.05, 0) is 25.2 Å². The van der Waals surface area contributed by atoms with Gasteiger partial charge in [0.25, 0.3) is 0 Å². The maximum Gasteiger partial charge on any atom is 0.320 e. The molecule has 1 aliphatic rings. The molecule has 4 N–H and O–H groups in total. The van der Waals surface area contributed by atoms with Crippen LogP contribution < -0.4 is 5.73 Å². The molecule has 0 aromatic heterocycles. The summed E-state index contributed by atoms with van der Waals surface area (Å²) in [5.41, 5.74) is 5.36. The van der Waals surface area contributed by atoms with Gasteiger partial charge in [0.15, 0.2) is 0 Å². The Morgan fingerprint density at radius 3 is 2.43 bits per heavy atom. The van der Waals surface area contributed by atoms with Gasteiger partial charge in [-0.25, -0.2) is 0 Å². The molecule has 0 amide bonds. The molecular formula is C10H19NO3. The predicted molar refractivity (Wildman–Crippen MR) is 52.8 cm³/mol. The first-order chi connectivity index (χ1) is 6.61. The van der Waals surface area contributed by atoms with Crippen LogP contribution in [0.15, 0.2) is 0 Å². The van der Waals surface area contributed by atoms with Crippen molar-refractivity contribution in [3.63, 3.8) is 0 Å². The first-order valence-electron chi connectivity index (χ1n) is 5.27. The zero-order chi connectivity index (χ0) is 10.6. The van der Waals surface area contributed by atoms with Crippen LogP contribution in [0.2, 0.25) is 0 Å². The van der Waals surface area contributed by atoms with Crippen molar-refractivity contribution in [3.05, 3.63) is 0 Å². The zero-order valence-corrected chi connectivity index (χ0v) is 8.35. The van der Waals surface area contributed by atoms with Crippen molar-refractivity contribution in [2.75, 3.05) is 0 Å². The average molecular weight is 201 g/mol. The van der Waals surface area contributed by atoms with Crippen molar-refractivity contribution in [1.29, 1.82) is 0 Å². The minimum absolute atomic E-state index is 0.181. The Morgan fingerprint density at radius 1 is 1.36 bits per heavy atom. The molecule has 0 spiro atoms. The van der Waals surface area contributed by atoms with Gasteiger partial charge in [-0.2, -0.15) is 0 Å². The normalized spacial score (nSPS) is 23.0. The number of aliphatic hydroxyl groups is 1. The molecule has 0 aromatic rings. The average Bonchev–Trinajstić information content (AvgIpc) is 2.19. The number of rotatable bonds is 4. The molecule has 14 heavy (non-hydrogen) atoms. The standard InChI is InChI=1S/C10H19NO3/c11-8(10(13)14)6-9(12)7-4-2-1-3-5-7/h7-9,12H,1-6,11H2,(H,13,14)/t8-,9-/m0/s1. The SMILES string of the molecule is N[C@@H](C[C@H](O)C1CCCCC1)C(=O)O. The molecule has 0 unspecified atom stereocenters. The van der Waals surface area contributed by atoms with E-state index in [2.05, 4.69) is 0 Å². The summed E-state index contributed by atoms with van der Waals surface area (Å²) in [6, 6.07) is -0.924. The van der Waals surface area contributed by atoms with E-state index in [9.17, 15) is 9.90 Å². The zero-order valence-electron chi connectivity index (χ0n) is 8.35. The van der Waals surface area contributed by atoms with E-state index in [0.29, 0.717) is 0 Å². The number of carboxylic acids is 1. The van der Waals surface area contributed by atoms with E-state index in [0.717, 1.165) is 25.7 Å². The summed E-state index contributed by atoms with van der Waals surface area (Å²) >= 11 is 0. The summed E-state index contributed by atoms with van der Waals surface area (Å²) in [4.78, 5) is 10.5. The van der Waals surface area contributed by atoms with E-state index in [4.69, 9.17) is 10.8 Å². The molecule has 0 aromatic carbocycles. The largest absolute Gasteiger partial charge is 0.480 e. The Labute approximate surface area is 84.1 Å². The summed E-state index contributed by atoms with van der Waals surface area (Å²) in [5, 5.41) is 18.3. The molecule has 0 aliphatic heterocycles. The topological polar surface area (TPSA) is 83.5 Å². The van der Waals surface area contributed by atoms with E-state index < -0.39 is 18.1 Å². The summed E-state index contributed by atoms with van der Waals surface area (Å²) < 4.78 is 0. The summed E-state index contributed by atoms with van der Waals surface area (Å²) in [6.45, 7) is 0. The molecule has 82 valence electrons. The molecule has 4 heteroatoms. The third kappa shape index (κ3) is 3.27. The lowest BCUT2D eigenvalue weighted by Gasteiger charge is -2.27. The Hall–Kier alpha value is -0.610. The van der Waals surface area contributed by atoms with Crippen LogP contribution in [0.3, 0.4) is 0 Å².